The first-order chi connectivity index (χ1) is 19.4. The van der Waals surface area contributed by atoms with Gasteiger partial charge in [0.2, 0.25) is 10.0 Å². The summed E-state index contributed by atoms with van der Waals surface area (Å²) in [6.07, 6.45) is 9.42. The predicted octanol–water partition coefficient (Wildman–Crippen LogP) is 6.02. The molecule has 0 amide bonds. The zero-order valence-corrected chi connectivity index (χ0v) is 25.2. The molecule has 4 aliphatic rings. The SMILES string of the molecule is C=C1C(=O)O[C@H]2[C@H]1CC/C(C)=C/CC[C@@]1(C)O[C@@H]21.CCOC(=O)C1=CCCC[C@H]1S(=O)(=O)Nc1ccc(F)cc1Cl. The Morgan fingerprint density at radius 3 is 2.73 bits per heavy atom. The van der Waals surface area contributed by atoms with Gasteiger partial charge in [-0.15, -0.1) is 0 Å². The summed E-state index contributed by atoms with van der Waals surface area (Å²) in [5, 5.41) is -1.07. The summed E-state index contributed by atoms with van der Waals surface area (Å²) in [4.78, 5) is 23.7. The number of allylic oxidation sites excluding steroid dienone is 3. The van der Waals surface area contributed by atoms with Crippen molar-refractivity contribution in [3.63, 3.8) is 0 Å². The molecule has 2 aliphatic carbocycles. The van der Waals surface area contributed by atoms with Gasteiger partial charge < -0.3 is 14.2 Å². The quantitative estimate of drug-likeness (QED) is 0.188. The fraction of sp³-hybridized carbons (Fsp3) is 0.533. The van der Waals surface area contributed by atoms with E-state index in [1.807, 2.05) is 0 Å². The van der Waals surface area contributed by atoms with Crippen LogP contribution in [-0.4, -0.2) is 50.0 Å². The van der Waals surface area contributed by atoms with Crippen molar-refractivity contribution in [3.05, 3.63) is 64.5 Å². The normalized spacial score (nSPS) is 30.7. The Bertz CT molecular complexity index is 1370. The molecule has 0 bridgehead atoms. The average Bonchev–Trinajstić information content (AvgIpc) is 3.51. The fourth-order valence-electron chi connectivity index (χ4n) is 5.60. The van der Waals surface area contributed by atoms with Crippen LogP contribution in [-0.2, 0) is 33.8 Å². The van der Waals surface area contributed by atoms with Gasteiger partial charge in [-0.3, -0.25) is 4.72 Å². The summed E-state index contributed by atoms with van der Waals surface area (Å²) in [5.41, 5.74) is 2.11. The van der Waals surface area contributed by atoms with Gasteiger partial charge in [-0.2, -0.15) is 0 Å². The van der Waals surface area contributed by atoms with E-state index in [0.29, 0.717) is 24.8 Å². The Balaban J connectivity index is 0.000000194. The van der Waals surface area contributed by atoms with E-state index in [2.05, 4.69) is 31.2 Å². The number of anilines is 1. The Morgan fingerprint density at radius 1 is 1.27 bits per heavy atom. The second-order valence-corrected chi connectivity index (χ2v) is 13.3. The minimum Gasteiger partial charge on any atom is -0.463 e. The lowest BCUT2D eigenvalue weighted by Gasteiger charge is -2.24. The molecule has 0 aromatic heterocycles. The van der Waals surface area contributed by atoms with Gasteiger partial charge in [-0.1, -0.05) is 35.9 Å². The monoisotopic (exact) mass is 609 g/mol. The molecule has 1 aromatic carbocycles. The molecule has 0 unspecified atom stereocenters. The molecule has 224 valence electrons. The smallest absolute Gasteiger partial charge is 0.335 e. The molecule has 2 fully saturated rings. The number of benzene rings is 1. The summed E-state index contributed by atoms with van der Waals surface area (Å²) in [7, 11) is -3.91. The summed E-state index contributed by atoms with van der Waals surface area (Å²) in [6, 6.07) is 3.36. The standard InChI is InChI=1S/C15H17ClFNO4S.C15H20O3/c1-2-22-15(19)11-5-3-4-6-14(11)23(20,21)18-13-8-7-10(17)9-12(13)16;1-9-5-4-8-15(3)13(18-15)12-11(7-6-9)10(2)14(16)17-12/h5,7-9,14,18H,2-4,6H2,1H3;5,11-13H,2,4,6-8H2,1,3H3/b;9-5+/t14-;11-,12-,13-,15+/m10/s1. The maximum Gasteiger partial charge on any atom is 0.335 e. The van der Waals surface area contributed by atoms with Crippen LogP contribution >= 0.6 is 11.6 Å². The summed E-state index contributed by atoms with van der Waals surface area (Å²) < 4.78 is 56.8. The highest BCUT2D eigenvalue weighted by Crippen LogP contribution is 2.49. The second-order valence-electron chi connectivity index (χ2n) is 11.1. The number of hydrogen-bond donors (Lipinski definition) is 1. The zero-order valence-electron chi connectivity index (χ0n) is 23.6. The van der Waals surface area contributed by atoms with Crippen molar-refractivity contribution in [1.82, 2.24) is 0 Å². The molecular formula is C30H37ClFNO7S. The highest BCUT2D eigenvalue weighted by molar-refractivity contribution is 7.93. The van der Waals surface area contributed by atoms with E-state index >= 15 is 0 Å². The number of nitrogens with one attached hydrogen (secondary N) is 1. The highest BCUT2D eigenvalue weighted by Gasteiger charge is 2.61. The first-order valence-electron chi connectivity index (χ1n) is 13.9. The number of epoxide rings is 1. The minimum atomic E-state index is -3.91. The molecular weight excluding hydrogens is 573 g/mol. The van der Waals surface area contributed by atoms with E-state index in [1.165, 1.54) is 11.6 Å². The van der Waals surface area contributed by atoms with Gasteiger partial charge in [0.05, 0.1) is 28.5 Å². The summed E-state index contributed by atoms with van der Waals surface area (Å²) in [5.74, 6) is -1.30. The van der Waals surface area contributed by atoms with Crippen LogP contribution in [0.25, 0.3) is 0 Å². The molecule has 5 atom stereocenters. The van der Waals surface area contributed by atoms with Crippen LogP contribution in [0.3, 0.4) is 0 Å². The van der Waals surface area contributed by atoms with Gasteiger partial charge in [0.15, 0.2) is 0 Å². The van der Waals surface area contributed by atoms with Crippen LogP contribution in [0.15, 0.2) is 53.6 Å². The first kappa shape index (κ1) is 31.3. The van der Waals surface area contributed by atoms with Gasteiger partial charge >= 0.3 is 11.9 Å². The van der Waals surface area contributed by atoms with Crippen molar-refractivity contribution < 1.29 is 36.6 Å². The molecule has 1 N–H and O–H groups in total. The maximum atomic E-state index is 13.1. The Labute approximate surface area is 246 Å². The maximum absolute atomic E-state index is 13.1. The molecule has 0 radical (unpaired) electrons. The lowest BCUT2D eigenvalue weighted by Crippen LogP contribution is -2.34. The van der Waals surface area contributed by atoms with Crippen molar-refractivity contribution in [2.75, 3.05) is 11.3 Å². The van der Waals surface area contributed by atoms with E-state index in [0.717, 1.165) is 37.8 Å². The molecule has 0 spiro atoms. The average molecular weight is 610 g/mol. The fourth-order valence-corrected chi connectivity index (χ4v) is 7.50. The Kier molecular flexibility index (Phi) is 9.66. The Morgan fingerprint density at radius 2 is 2.02 bits per heavy atom. The molecule has 2 aliphatic heterocycles. The van der Waals surface area contributed by atoms with Crippen LogP contribution in [0.5, 0.6) is 0 Å². The zero-order chi connectivity index (χ0) is 29.9. The number of sulfonamides is 1. The number of hydrogen-bond acceptors (Lipinski definition) is 7. The van der Waals surface area contributed by atoms with Crippen LogP contribution < -0.4 is 4.72 Å². The van der Waals surface area contributed by atoms with E-state index in [9.17, 15) is 22.4 Å². The molecule has 2 saturated heterocycles. The number of carbonyl (C=O) groups is 2. The molecule has 1 aromatic rings. The summed E-state index contributed by atoms with van der Waals surface area (Å²) in [6.45, 7) is 9.99. The van der Waals surface area contributed by atoms with E-state index in [-0.39, 0.29) is 52.6 Å². The van der Waals surface area contributed by atoms with Crippen LogP contribution in [0.4, 0.5) is 10.1 Å². The lowest BCUT2D eigenvalue weighted by atomic mass is 9.84. The number of halogens is 2. The Hall–Kier alpha value is -2.69. The van der Waals surface area contributed by atoms with Crippen molar-refractivity contribution in [1.29, 1.82) is 0 Å². The molecule has 2 heterocycles. The van der Waals surface area contributed by atoms with Crippen molar-refractivity contribution in [2.45, 2.75) is 88.8 Å². The second kappa shape index (κ2) is 12.7. The number of carbonyl (C=O) groups excluding carboxylic acids is 2. The molecule has 41 heavy (non-hydrogen) atoms. The highest BCUT2D eigenvalue weighted by atomic mass is 35.5. The largest absolute Gasteiger partial charge is 0.463 e. The van der Waals surface area contributed by atoms with Gasteiger partial charge in [0.1, 0.15) is 23.3 Å². The van der Waals surface area contributed by atoms with Crippen LogP contribution in [0, 0.1) is 11.7 Å². The van der Waals surface area contributed by atoms with Crippen LogP contribution in [0.2, 0.25) is 5.02 Å². The third-order valence-electron chi connectivity index (χ3n) is 8.02. The number of esters is 2. The van der Waals surface area contributed by atoms with Gasteiger partial charge in [0, 0.05) is 11.5 Å². The molecule has 5 rings (SSSR count). The molecule has 11 heteroatoms. The van der Waals surface area contributed by atoms with Crippen molar-refractivity contribution in [3.8, 4) is 0 Å². The topological polar surface area (TPSA) is 111 Å². The predicted molar refractivity (Wildman–Crippen MR) is 154 cm³/mol. The minimum absolute atomic E-state index is 0.0500. The lowest BCUT2D eigenvalue weighted by molar-refractivity contribution is -0.140. The van der Waals surface area contributed by atoms with E-state index in [1.54, 1.807) is 13.0 Å². The third kappa shape index (κ3) is 7.21. The van der Waals surface area contributed by atoms with Crippen molar-refractivity contribution >= 4 is 39.3 Å². The third-order valence-corrected chi connectivity index (χ3v) is 10.1. The van der Waals surface area contributed by atoms with Gasteiger partial charge in [0.25, 0.3) is 0 Å². The van der Waals surface area contributed by atoms with Gasteiger partial charge in [-0.25, -0.2) is 22.4 Å². The van der Waals surface area contributed by atoms with Crippen LogP contribution in [0.1, 0.15) is 65.7 Å². The molecule has 8 nitrogen and oxygen atoms in total. The van der Waals surface area contributed by atoms with E-state index < -0.39 is 27.1 Å². The first-order valence-corrected chi connectivity index (χ1v) is 15.9. The number of fused-ring (bicyclic) bond motifs is 3. The van der Waals surface area contributed by atoms with Gasteiger partial charge in [-0.05, 0) is 83.9 Å². The number of rotatable bonds is 5. The number of ether oxygens (including phenoxy) is 3. The van der Waals surface area contributed by atoms with E-state index in [4.69, 9.17) is 25.8 Å². The summed E-state index contributed by atoms with van der Waals surface area (Å²) >= 11 is 5.85. The molecule has 0 saturated carbocycles. The van der Waals surface area contributed by atoms with Crippen molar-refractivity contribution in [2.24, 2.45) is 5.92 Å².